The first-order chi connectivity index (χ1) is 8.75. The van der Waals surface area contributed by atoms with Crippen LogP contribution in [-0.2, 0) is 0 Å². The Morgan fingerprint density at radius 1 is 1.17 bits per heavy atom. The molecule has 18 heavy (non-hydrogen) atoms. The Morgan fingerprint density at radius 3 is 2.67 bits per heavy atom. The Balaban J connectivity index is 2.12. The van der Waals surface area contributed by atoms with Gasteiger partial charge in [-0.1, -0.05) is 0 Å². The maximum Gasteiger partial charge on any atom is 0.269 e. The number of rotatable bonds is 2. The standard InChI is InChI=1S/C12H8N4O2/c17-16(18)10-3-1-9(2-4-10)11-7-14-12-8-13-5-6-15(11)12/h1-8H. The SMILES string of the molecule is O=[N+]([O-])c1ccc(-c2cnc3cnccn23)cc1. The van der Waals surface area contributed by atoms with Crippen LogP contribution in [0.3, 0.4) is 0 Å². The molecule has 1 aromatic carbocycles. The minimum absolute atomic E-state index is 0.0780. The first kappa shape index (κ1) is 10.4. The molecule has 0 radical (unpaired) electrons. The number of hydrogen-bond donors (Lipinski definition) is 0. The van der Waals surface area contributed by atoms with Crippen LogP contribution in [0.1, 0.15) is 0 Å². The molecule has 0 saturated heterocycles. The summed E-state index contributed by atoms with van der Waals surface area (Å²) in [6.45, 7) is 0. The molecule has 0 atom stereocenters. The molecule has 0 amide bonds. The van der Waals surface area contributed by atoms with Crippen molar-refractivity contribution in [3.63, 3.8) is 0 Å². The second-order valence-electron chi connectivity index (χ2n) is 3.75. The number of hydrogen-bond acceptors (Lipinski definition) is 4. The van der Waals surface area contributed by atoms with Gasteiger partial charge in [0.2, 0.25) is 0 Å². The van der Waals surface area contributed by atoms with Crippen LogP contribution in [0, 0.1) is 10.1 Å². The van der Waals surface area contributed by atoms with Crippen molar-refractivity contribution in [2.45, 2.75) is 0 Å². The lowest BCUT2D eigenvalue weighted by Gasteiger charge is -2.00. The van der Waals surface area contributed by atoms with E-state index in [0.29, 0.717) is 0 Å². The summed E-state index contributed by atoms with van der Waals surface area (Å²) in [5.74, 6) is 0. The van der Waals surface area contributed by atoms with E-state index in [0.717, 1.165) is 16.9 Å². The van der Waals surface area contributed by atoms with E-state index in [1.165, 1.54) is 12.1 Å². The minimum atomic E-state index is -0.414. The quantitative estimate of drug-likeness (QED) is 0.509. The lowest BCUT2D eigenvalue weighted by atomic mass is 10.1. The minimum Gasteiger partial charge on any atom is -0.297 e. The summed E-state index contributed by atoms with van der Waals surface area (Å²) in [4.78, 5) is 18.4. The number of imidazole rings is 1. The number of non-ortho nitro benzene ring substituents is 1. The van der Waals surface area contributed by atoms with Crippen LogP contribution in [0.25, 0.3) is 16.9 Å². The highest BCUT2D eigenvalue weighted by Gasteiger charge is 2.08. The van der Waals surface area contributed by atoms with Gasteiger partial charge in [0.1, 0.15) is 0 Å². The zero-order valence-electron chi connectivity index (χ0n) is 9.22. The maximum atomic E-state index is 10.6. The molecular formula is C12H8N4O2. The van der Waals surface area contributed by atoms with E-state index in [2.05, 4.69) is 9.97 Å². The molecule has 0 fully saturated rings. The topological polar surface area (TPSA) is 73.3 Å². The van der Waals surface area contributed by atoms with Crippen LogP contribution in [0.2, 0.25) is 0 Å². The van der Waals surface area contributed by atoms with Crippen LogP contribution in [0.4, 0.5) is 5.69 Å². The molecule has 6 heteroatoms. The second-order valence-corrected chi connectivity index (χ2v) is 3.75. The van der Waals surface area contributed by atoms with Crippen LogP contribution in [0.15, 0.2) is 49.1 Å². The molecule has 6 nitrogen and oxygen atoms in total. The molecule has 0 aliphatic carbocycles. The van der Waals surface area contributed by atoms with Gasteiger partial charge in [0.15, 0.2) is 5.65 Å². The first-order valence-electron chi connectivity index (χ1n) is 5.27. The molecule has 0 saturated carbocycles. The van der Waals surface area contributed by atoms with Gasteiger partial charge in [-0.3, -0.25) is 19.5 Å². The predicted molar refractivity (Wildman–Crippen MR) is 65.1 cm³/mol. The molecular weight excluding hydrogens is 232 g/mol. The van der Waals surface area contributed by atoms with Crippen molar-refractivity contribution in [1.82, 2.24) is 14.4 Å². The molecule has 0 spiro atoms. The van der Waals surface area contributed by atoms with Crippen LogP contribution in [-0.4, -0.2) is 19.3 Å². The summed E-state index contributed by atoms with van der Waals surface area (Å²) in [6.07, 6.45) is 6.86. The van der Waals surface area contributed by atoms with Crippen LogP contribution in [0.5, 0.6) is 0 Å². The Hall–Kier alpha value is -2.76. The molecule has 0 bridgehead atoms. The van der Waals surface area contributed by atoms with Crippen molar-refractivity contribution in [2.75, 3.05) is 0 Å². The first-order valence-corrected chi connectivity index (χ1v) is 5.27. The average molecular weight is 240 g/mol. The number of benzene rings is 1. The Labute approximate surface area is 102 Å². The van der Waals surface area contributed by atoms with Crippen molar-refractivity contribution < 1.29 is 4.92 Å². The largest absolute Gasteiger partial charge is 0.297 e. The van der Waals surface area contributed by atoms with Crippen LogP contribution >= 0.6 is 0 Å². The highest BCUT2D eigenvalue weighted by Crippen LogP contribution is 2.22. The lowest BCUT2D eigenvalue weighted by molar-refractivity contribution is -0.384. The number of aromatic nitrogens is 3. The van der Waals surface area contributed by atoms with Gasteiger partial charge in [-0.25, -0.2) is 4.98 Å². The number of nitrogens with zero attached hydrogens (tertiary/aromatic N) is 4. The van der Waals surface area contributed by atoms with Crippen molar-refractivity contribution in [3.8, 4) is 11.3 Å². The molecule has 0 aliphatic rings. The van der Waals surface area contributed by atoms with Crippen molar-refractivity contribution in [3.05, 3.63) is 59.2 Å². The van der Waals surface area contributed by atoms with Crippen molar-refractivity contribution >= 4 is 11.3 Å². The van der Waals surface area contributed by atoms with Gasteiger partial charge >= 0.3 is 0 Å². The molecule has 0 aliphatic heterocycles. The van der Waals surface area contributed by atoms with Gasteiger partial charge < -0.3 is 0 Å². The third-order valence-corrected chi connectivity index (χ3v) is 2.69. The molecule has 0 N–H and O–H groups in total. The van der Waals surface area contributed by atoms with Gasteiger partial charge in [0.05, 0.1) is 23.0 Å². The van der Waals surface area contributed by atoms with E-state index in [4.69, 9.17) is 0 Å². The number of nitro groups is 1. The molecule has 3 aromatic rings. The molecule has 88 valence electrons. The normalized spacial score (nSPS) is 10.7. The van der Waals surface area contributed by atoms with E-state index in [1.807, 2.05) is 4.40 Å². The monoisotopic (exact) mass is 240 g/mol. The second kappa shape index (κ2) is 3.92. The van der Waals surface area contributed by atoms with Crippen molar-refractivity contribution in [2.24, 2.45) is 0 Å². The van der Waals surface area contributed by atoms with Gasteiger partial charge in [-0.05, 0) is 12.1 Å². The Kier molecular flexibility index (Phi) is 2.26. The molecule has 2 aromatic heterocycles. The summed E-state index contributed by atoms with van der Waals surface area (Å²) in [6, 6.07) is 6.38. The third-order valence-electron chi connectivity index (χ3n) is 2.69. The van der Waals surface area contributed by atoms with Crippen LogP contribution < -0.4 is 0 Å². The molecule has 3 rings (SSSR count). The number of fused-ring (bicyclic) bond motifs is 1. The zero-order valence-corrected chi connectivity index (χ0v) is 9.22. The van der Waals surface area contributed by atoms with Gasteiger partial charge in [-0.15, -0.1) is 0 Å². The Morgan fingerprint density at radius 2 is 1.94 bits per heavy atom. The fourth-order valence-corrected chi connectivity index (χ4v) is 1.81. The zero-order chi connectivity index (χ0) is 12.5. The highest BCUT2D eigenvalue weighted by atomic mass is 16.6. The molecule has 0 unspecified atom stereocenters. The summed E-state index contributed by atoms with van der Waals surface area (Å²) >= 11 is 0. The van der Waals surface area contributed by atoms with Crippen molar-refractivity contribution in [1.29, 1.82) is 0 Å². The fraction of sp³-hybridized carbons (Fsp3) is 0. The third kappa shape index (κ3) is 1.60. The maximum absolute atomic E-state index is 10.6. The summed E-state index contributed by atoms with van der Waals surface area (Å²) < 4.78 is 1.88. The highest BCUT2D eigenvalue weighted by molar-refractivity contribution is 5.64. The van der Waals surface area contributed by atoms with Gasteiger partial charge in [0, 0.05) is 30.1 Å². The van der Waals surface area contributed by atoms with E-state index in [1.54, 1.807) is 36.9 Å². The van der Waals surface area contributed by atoms with E-state index >= 15 is 0 Å². The smallest absolute Gasteiger partial charge is 0.269 e. The number of nitro benzene ring substituents is 1. The summed E-state index contributed by atoms with van der Waals surface area (Å²) in [7, 11) is 0. The van der Waals surface area contributed by atoms with E-state index < -0.39 is 4.92 Å². The fourth-order valence-electron chi connectivity index (χ4n) is 1.81. The van der Waals surface area contributed by atoms with E-state index in [9.17, 15) is 10.1 Å². The summed E-state index contributed by atoms with van der Waals surface area (Å²) in [5.41, 5.74) is 2.57. The molecule has 2 heterocycles. The van der Waals surface area contributed by atoms with E-state index in [-0.39, 0.29) is 5.69 Å². The average Bonchev–Trinajstić information content (AvgIpc) is 2.82. The Bertz CT molecular complexity index is 718. The summed E-state index contributed by atoms with van der Waals surface area (Å²) in [5, 5.41) is 10.6. The van der Waals surface area contributed by atoms with Gasteiger partial charge in [0.25, 0.3) is 5.69 Å². The lowest BCUT2D eigenvalue weighted by Crippen LogP contribution is -1.90. The predicted octanol–water partition coefficient (Wildman–Crippen LogP) is 2.30. The van der Waals surface area contributed by atoms with Gasteiger partial charge in [-0.2, -0.15) is 0 Å².